The third-order valence-corrected chi connectivity index (χ3v) is 4.21. The summed E-state index contributed by atoms with van der Waals surface area (Å²) in [6.45, 7) is 0.318. The summed E-state index contributed by atoms with van der Waals surface area (Å²) >= 11 is 0. The van der Waals surface area contributed by atoms with Gasteiger partial charge in [0.05, 0.1) is 12.2 Å². The Morgan fingerprint density at radius 1 is 1.00 bits per heavy atom. The second-order valence-corrected chi connectivity index (χ2v) is 6.24. The van der Waals surface area contributed by atoms with Gasteiger partial charge in [0, 0.05) is 13.2 Å². The molecular weight excluding hydrogens is 354 g/mol. The molecule has 0 bridgehead atoms. The molecule has 7 nitrogen and oxygen atoms in total. The number of aromatic nitrogens is 3. The number of nitrogens with one attached hydrogen (secondary N) is 1. The second kappa shape index (κ2) is 7.79. The predicted octanol–water partition coefficient (Wildman–Crippen LogP) is 4.19. The highest BCUT2D eigenvalue weighted by molar-refractivity contribution is 5.90. The molecule has 4 aromatic rings. The summed E-state index contributed by atoms with van der Waals surface area (Å²) < 4.78 is 7.75. The third kappa shape index (κ3) is 3.78. The van der Waals surface area contributed by atoms with Crippen LogP contribution in [0.4, 0.5) is 10.5 Å². The van der Waals surface area contributed by atoms with Gasteiger partial charge in [-0.1, -0.05) is 36.4 Å². The molecule has 140 valence electrons. The van der Waals surface area contributed by atoms with Crippen LogP contribution >= 0.6 is 0 Å². The van der Waals surface area contributed by atoms with Gasteiger partial charge in [0.25, 0.3) is 0 Å². The van der Waals surface area contributed by atoms with Crippen LogP contribution in [0.5, 0.6) is 11.5 Å². The smallest absolute Gasteiger partial charge is 0.322 e. The van der Waals surface area contributed by atoms with Gasteiger partial charge < -0.3 is 15.0 Å². The van der Waals surface area contributed by atoms with Gasteiger partial charge in [0.2, 0.25) is 0 Å². The van der Waals surface area contributed by atoms with E-state index in [0.29, 0.717) is 29.6 Å². The molecule has 4 rings (SSSR count). The average Bonchev–Trinajstić information content (AvgIpc) is 3.13. The Hall–Kier alpha value is -3.87. The number of benzene rings is 2. The summed E-state index contributed by atoms with van der Waals surface area (Å²) in [5, 5.41) is 11.2. The quantitative estimate of drug-likeness (QED) is 0.569. The van der Waals surface area contributed by atoms with Crippen molar-refractivity contribution in [1.82, 2.24) is 19.5 Å². The van der Waals surface area contributed by atoms with Crippen LogP contribution < -0.4 is 10.1 Å². The van der Waals surface area contributed by atoms with Crippen LogP contribution in [0, 0.1) is 0 Å². The van der Waals surface area contributed by atoms with E-state index in [2.05, 4.69) is 15.5 Å². The van der Waals surface area contributed by atoms with Crippen LogP contribution in [-0.4, -0.2) is 32.6 Å². The highest BCUT2D eigenvalue weighted by Gasteiger charge is 2.15. The summed E-state index contributed by atoms with van der Waals surface area (Å²) in [5.41, 5.74) is 1.34. The molecule has 28 heavy (non-hydrogen) atoms. The van der Waals surface area contributed by atoms with E-state index in [0.717, 1.165) is 5.65 Å². The summed E-state index contributed by atoms with van der Waals surface area (Å²) in [5.74, 6) is 1.96. The maximum atomic E-state index is 12.7. The fourth-order valence-corrected chi connectivity index (χ4v) is 2.77. The van der Waals surface area contributed by atoms with Crippen molar-refractivity contribution in [3.8, 4) is 11.5 Å². The van der Waals surface area contributed by atoms with E-state index in [1.54, 1.807) is 18.0 Å². The first-order valence-corrected chi connectivity index (χ1v) is 8.83. The topological polar surface area (TPSA) is 71.8 Å². The third-order valence-electron chi connectivity index (χ3n) is 4.21. The van der Waals surface area contributed by atoms with Gasteiger partial charge in [0.15, 0.2) is 17.2 Å². The Bertz CT molecular complexity index is 1090. The van der Waals surface area contributed by atoms with Crippen molar-refractivity contribution < 1.29 is 9.53 Å². The first-order valence-electron chi connectivity index (χ1n) is 8.83. The van der Waals surface area contributed by atoms with E-state index < -0.39 is 0 Å². The second-order valence-electron chi connectivity index (χ2n) is 6.24. The van der Waals surface area contributed by atoms with Gasteiger partial charge in [-0.05, 0) is 36.4 Å². The number of ether oxygens (including phenoxy) is 1. The van der Waals surface area contributed by atoms with Crippen molar-refractivity contribution >= 4 is 17.4 Å². The summed E-state index contributed by atoms with van der Waals surface area (Å²) in [7, 11) is 1.71. The summed E-state index contributed by atoms with van der Waals surface area (Å²) in [6.07, 6.45) is 1.87. The maximum absolute atomic E-state index is 12.7. The summed E-state index contributed by atoms with van der Waals surface area (Å²) in [4.78, 5) is 14.2. The molecule has 0 unspecified atom stereocenters. The number of fused-ring (bicyclic) bond motifs is 1. The predicted molar refractivity (Wildman–Crippen MR) is 106 cm³/mol. The highest BCUT2D eigenvalue weighted by Crippen LogP contribution is 2.29. The molecule has 0 aliphatic heterocycles. The maximum Gasteiger partial charge on any atom is 0.322 e. The number of carbonyl (C=O) groups is 1. The average molecular weight is 373 g/mol. The molecule has 2 aromatic carbocycles. The monoisotopic (exact) mass is 373 g/mol. The number of rotatable bonds is 5. The fraction of sp³-hybridized carbons (Fsp3) is 0.0952. The molecule has 0 saturated heterocycles. The van der Waals surface area contributed by atoms with E-state index in [1.165, 1.54) is 0 Å². The highest BCUT2D eigenvalue weighted by atomic mass is 16.5. The minimum absolute atomic E-state index is 0.267. The molecule has 0 aliphatic carbocycles. The number of carbonyl (C=O) groups excluding carboxylic acids is 1. The molecule has 0 aliphatic rings. The first kappa shape index (κ1) is 17.5. The Balaban J connectivity index is 1.47. The van der Waals surface area contributed by atoms with Crippen LogP contribution in [0.2, 0.25) is 0 Å². The van der Waals surface area contributed by atoms with E-state index >= 15 is 0 Å². The SMILES string of the molecule is CN(Cc1nnc2ccccn12)C(=O)Nc1ccccc1Oc1ccccc1. The van der Waals surface area contributed by atoms with Crippen molar-refractivity contribution in [3.05, 3.63) is 84.8 Å². The zero-order valence-electron chi connectivity index (χ0n) is 15.3. The molecule has 0 saturated carbocycles. The first-order chi connectivity index (χ1) is 13.7. The molecule has 1 N–H and O–H groups in total. The molecule has 0 radical (unpaired) electrons. The summed E-state index contributed by atoms with van der Waals surface area (Å²) in [6, 6.07) is 22.2. The molecule has 0 fully saturated rings. The zero-order chi connectivity index (χ0) is 19.3. The molecule has 0 spiro atoms. The minimum atomic E-state index is -0.267. The van der Waals surface area contributed by atoms with Gasteiger partial charge in [0.1, 0.15) is 5.75 Å². The number of nitrogens with zero attached hydrogens (tertiary/aromatic N) is 4. The van der Waals surface area contributed by atoms with Gasteiger partial charge in [-0.2, -0.15) is 0 Å². The van der Waals surface area contributed by atoms with Crippen LogP contribution in [0.25, 0.3) is 5.65 Å². The number of para-hydroxylation sites is 3. The molecule has 2 heterocycles. The van der Waals surface area contributed by atoms with Gasteiger partial charge in [-0.3, -0.25) is 4.40 Å². The Morgan fingerprint density at radius 2 is 1.75 bits per heavy atom. The van der Waals surface area contributed by atoms with Crippen molar-refractivity contribution in [2.75, 3.05) is 12.4 Å². The van der Waals surface area contributed by atoms with Crippen LogP contribution in [-0.2, 0) is 6.54 Å². The van der Waals surface area contributed by atoms with Gasteiger partial charge >= 0.3 is 6.03 Å². The standard InChI is InChI=1S/C21H19N5O2/c1-25(15-20-24-23-19-13-7-8-14-26(19)20)21(27)22-17-11-5-6-12-18(17)28-16-9-3-2-4-10-16/h2-14H,15H2,1H3,(H,22,27). The Labute approximate surface area is 162 Å². The molecule has 2 aromatic heterocycles. The molecule has 7 heteroatoms. The number of amides is 2. The lowest BCUT2D eigenvalue weighted by molar-refractivity contribution is 0.219. The largest absolute Gasteiger partial charge is 0.455 e. The number of hydrogen-bond acceptors (Lipinski definition) is 4. The Morgan fingerprint density at radius 3 is 2.61 bits per heavy atom. The fourth-order valence-electron chi connectivity index (χ4n) is 2.77. The number of pyridine rings is 1. The lowest BCUT2D eigenvalue weighted by Crippen LogP contribution is -2.31. The lowest BCUT2D eigenvalue weighted by atomic mass is 10.3. The van der Waals surface area contributed by atoms with E-state index in [4.69, 9.17) is 4.74 Å². The van der Waals surface area contributed by atoms with Gasteiger partial charge in [-0.25, -0.2) is 4.79 Å². The van der Waals surface area contributed by atoms with Crippen molar-refractivity contribution in [2.45, 2.75) is 6.54 Å². The molecule has 2 amide bonds. The van der Waals surface area contributed by atoms with Crippen molar-refractivity contribution in [2.24, 2.45) is 0 Å². The van der Waals surface area contributed by atoms with Crippen LogP contribution in [0.1, 0.15) is 5.82 Å². The van der Waals surface area contributed by atoms with Crippen molar-refractivity contribution in [1.29, 1.82) is 0 Å². The zero-order valence-corrected chi connectivity index (χ0v) is 15.3. The lowest BCUT2D eigenvalue weighted by Gasteiger charge is -2.18. The van der Waals surface area contributed by atoms with Crippen LogP contribution in [0.3, 0.4) is 0 Å². The van der Waals surface area contributed by atoms with E-state index in [-0.39, 0.29) is 6.03 Å². The number of anilines is 1. The van der Waals surface area contributed by atoms with E-state index in [1.807, 2.05) is 77.3 Å². The number of urea groups is 1. The van der Waals surface area contributed by atoms with Crippen molar-refractivity contribution in [3.63, 3.8) is 0 Å². The minimum Gasteiger partial charge on any atom is -0.455 e. The van der Waals surface area contributed by atoms with Crippen LogP contribution in [0.15, 0.2) is 79.0 Å². The van der Waals surface area contributed by atoms with E-state index in [9.17, 15) is 4.79 Å². The Kier molecular flexibility index (Phi) is 4.88. The normalized spacial score (nSPS) is 10.6. The van der Waals surface area contributed by atoms with Gasteiger partial charge in [-0.15, -0.1) is 10.2 Å². The molecule has 0 atom stereocenters. The number of hydrogen-bond donors (Lipinski definition) is 1. The molecular formula is C21H19N5O2.